The van der Waals surface area contributed by atoms with Gasteiger partial charge in [0.2, 0.25) is 0 Å². The van der Waals surface area contributed by atoms with Crippen LogP contribution in [0.2, 0.25) is 0 Å². The van der Waals surface area contributed by atoms with Crippen molar-refractivity contribution in [2.24, 2.45) is 0 Å². The van der Waals surface area contributed by atoms with Crippen LogP contribution in [0.4, 0.5) is 0 Å². The van der Waals surface area contributed by atoms with Crippen LogP contribution in [0.3, 0.4) is 0 Å². The number of hydrogen-bond donors (Lipinski definition) is 0. The second kappa shape index (κ2) is 19.8. The molecule has 6 rings (SSSR count). The van der Waals surface area contributed by atoms with Crippen LogP contribution >= 0.6 is 11.6 Å². The van der Waals surface area contributed by atoms with Gasteiger partial charge < -0.3 is 28.4 Å². The lowest BCUT2D eigenvalue weighted by Crippen LogP contribution is -2.45. The van der Waals surface area contributed by atoms with Crippen LogP contribution in [-0.2, 0) is 54.8 Å². The van der Waals surface area contributed by atoms with Crippen molar-refractivity contribution >= 4 is 17.7 Å². The van der Waals surface area contributed by atoms with E-state index in [4.69, 9.17) is 40.0 Å². The largest absolute Gasteiger partial charge is 0.489 e. The van der Waals surface area contributed by atoms with E-state index in [1.54, 1.807) is 0 Å². The summed E-state index contributed by atoms with van der Waals surface area (Å²) in [4.78, 5) is 0. The summed E-state index contributed by atoms with van der Waals surface area (Å²) < 4.78 is 39.5. The molecule has 0 amide bonds. The molecule has 0 radical (unpaired) electrons. The molecule has 51 heavy (non-hydrogen) atoms. The Labute approximate surface area is 305 Å². The highest BCUT2D eigenvalue weighted by molar-refractivity contribution is 6.30. The van der Waals surface area contributed by atoms with Crippen LogP contribution in [0.1, 0.15) is 27.8 Å². The minimum absolute atomic E-state index is 0.190. The van der Waals surface area contributed by atoms with E-state index in [9.17, 15) is 0 Å². The highest BCUT2D eigenvalue weighted by atomic mass is 35.5. The number of ether oxygens (including phenoxy) is 6. The first-order chi connectivity index (χ1) is 25.2. The van der Waals surface area contributed by atoms with Crippen molar-refractivity contribution in [3.8, 4) is 0 Å². The Morgan fingerprint density at radius 1 is 0.549 bits per heavy atom. The molecule has 4 atom stereocenters. The Morgan fingerprint density at radius 3 is 1.61 bits per heavy atom. The first-order valence-electron chi connectivity index (χ1n) is 17.2. The molecule has 0 aliphatic carbocycles. The zero-order chi connectivity index (χ0) is 34.9. The lowest BCUT2D eigenvalue weighted by molar-refractivity contribution is -0.205. The van der Waals surface area contributed by atoms with Crippen molar-refractivity contribution in [3.05, 3.63) is 196 Å². The summed E-state index contributed by atoms with van der Waals surface area (Å²) in [5, 5.41) is 0.260. The summed E-state index contributed by atoms with van der Waals surface area (Å²) in [6.07, 6.45) is 0.872. The van der Waals surface area contributed by atoms with Gasteiger partial charge in [-0.3, -0.25) is 0 Å². The van der Waals surface area contributed by atoms with E-state index in [1.165, 1.54) is 0 Å². The number of benzene rings is 5. The van der Waals surface area contributed by atoms with E-state index in [0.29, 0.717) is 25.6 Å². The van der Waals surface area contributed by atoms with Crippen LogP contribution in [0.5, 0.6) is 0 Å². The molecular formula is C44H43ClO6. The average Bonchev–Trinajstić information content (AvgIpc) is 3.29. The maximum atomic E-state index is 7.27. The highest BCUT2D eigenvalue weighted by Gasteiger charge is 2.44. The summed E-state index contributed by atoms with van der Waals surface area (Å²) in [5.74, 6) is 0.400. The van der Waals surface area contributed by atoms with Crippen molar-refractivity contribution < 1.29 is 28.4 Å². The Balaban J connectivity index is 1.33. The number of halogens is 1. The summed E-state index contributed by atoms with van der Waals surface area (Å²) in [6.45, 7) is 1.69. The topological polar surface area (TPSA) is 55.4 Å². The monoisotopic (exact) mass is 702 g/mol. The summed E-state index contributed by atoms with van der Waals surface area (Å²) in [6, 6.07) is 50.0. The van der Waals surface area contributed by atoms with Gasteiger partial charge in [0.15, 0.2) is 6.29 Å². The molecule has 1 aliphatic rings. The van der Waals surface area contributed by atoms with Gasteiger partial charge in [-0.1, -0.05) is 175 Å². The second-order valence-corrected chi connectivity index (χ2v) is 12.5. The van der Waals surface area contributed by atoms with Crippen LogP contribution in [-0.4, -0.2) is 37.8 Å². The zero-order valence-electron chi connectivity index (χ0n) is 28.5. The van der Waals surface area contributed by atoms with Gasteiger partial charge in [-0.15, -0.1) is 0 Å². The molecule has 0 fully saturated rings. The third kappa shape index (κ3) is 11.2. The Morgan fingerprint density at radius 2 is 1.04 bits per heavy atom. The van der Waals surface area contributed by atoms with E-state index in [1.807, 2.05) is 164 Å². The predicted octanol–water partition coefficient (Wildman–Crippen LogP) is 9.50. The van der Waals surface area contributed by atoms with Crippen molar-refractivity contribution in [2.75, 3.05) is 13.2 Å². The van der Waals surface area contributed by atoms with E-state index in [2.05, 4.69) is 0 Å². The van der Waals surface area contributed by atoms with Crippen LogP contribution < -0.4 is 0 Å². The fourth-order valence-electron chi connectivity index (χ4n) is 5.68. The van der Waals surface area contributed by atoms with E-state index < -0.39 is 24.6 Å². The molecule has 0 bridgehead atoms. The van der Waals surface area contributed by atoms with Crippen molar-refractivity contribution in [2.45, 2.75) is 51.0 Å². The Bertz CT molecular complexity index is 1770. The first-order valence-corrected chi connectivity index (χ1v) is 17.6. The minimum atomic E-state index is -0.976. The van der Waals surface area contributed by atoms with Gasteiger partial charge in [-0.25, -0.2) is 0 Å². The summed E-state index contributed by atoms with van der Waals surface area (Å²) in [7, 11) is 0. The maximum Gasteiger partial charge on any atom is 0.198 e. The number of hydrogen-bond acceptors (Lipinski definition) is 6. The average molecular weight is 703 g/mol. The zero-order valence-corrected chi connectivity index (χ0v) is 29.2. The SMILES string of the molecule is ClC1=C(OCc2ccccc2)[C@@H](OCc2ccccc2)[C@H](OCc2ccccc2)[C@@H](COCc2ccccc2)O[C@@H]1OC/C=C/c1ccccc1. The quantitative estimate of drug-likeness (QED) is 0.0963. The lowest BCUT2D eigenvalue weighted by atomic mass is 10.1. The molecule has 0 saturated carbocycles. The van der Waals surface area contributed by atoms with E-state index in [-0.39, 0.29) is 24.9 Å². The summed E-state index contributed by atoms with van der Waals surface area (Å²) >= 11 is 7.27. The third-order valence-electron chi connectivity index (χ3n) is 8.31. The van der Waals surface area contributed by atoms with Crippen molar-refractivity contribution in [1.29, 1.82) is 0 Å². The minimum Gasteiger partial charge on any atom is -0.489 e. The molecule has 1 heterocycles. The standard InChI is InChI=1S/C44H43ClO6/c45-40-42(49-31-37-23-12-4-13-24-37)43(50-32-38-25-14-5-15-26-38)41(48-30-36-21-10-3-11-22-36)39(33-46-29-35-19-8-2-9-20-35)51-44(40)47-28-16-27-34-17-6-1-7-18-34/h1-27,39,41,43-44H,28-33H2/b27-16+/t39-,41-,43+,44+/m1/s1. The molecular weight excluding hydrogens is 660 g/mol. The van der Waals surface area contributed by atoms with Crippen molar-refractivity contribution in [3.63, 3.8) is 0 Å². The molecule has 0 spiro atoms. The number of rotatable bonds is 17. The molecule has 262 valence electrons. The molecule has 0 N–H and O–H groups in total. The molecule has 7 heteroatoms. The van der Waals surface area contributed by atoms with E-state index in [0.717, 1.165) is 27.8 Å². The van der Waals surface area contributed by atoms with Crippen molar-refractivity contribution in [1.82, 2.24) is 0 Å². The lowest BCUT2D eigenvalue weighted by Gasteiger charge is -2.32. The Kier molecular flexibility index (Phi) is 14.0. The van der Waals surface area contributed by atoms with Crippen LogP contribution in [0.25, 0.3) is 6.08 Å². The molecule has 5 aromatic carbocycles. The second-order valence-electron chi connectivity index (χ2n) is 12.1. The van der Waals surface area contributed by atoms with Gasteiger partial charge in [0.1, 0.15) is 35.7 Å². The molecule has 5 aromatic rings. The van der Waals surface area contributed by atoms with Gasteiger partial charge in [0.25, 0.3) is 0 Å². The Hall–Kier alpha value is -4.53. The molecule has 0 saturated heterocycles. The highest BCUT2D eigenvalue weighted by Crippen LogP contribution is 2.35. The predicted molar refractivity (Wildman–Crippen MR) is 200 cm³/mol. The normalized spacial score (nSPS) is 19.2. The van der Waals surface area contributed by atoms with Gasteiger partial charge in [-0.05, 0) is 27.8 Å². The fraction of sp³-hybridized carbons (Fsp3) is 0.227. The first kappa shape index (κ1) is 36.3. The molecule has 0 unspecified atom stereocenters. The van der Waals surface area contributed by atoms with E-state index >= 15 is 0 Å². The van der Waals surface area contributed by atoms with Gasteiger partial charge in [0, 0.05) is 0 Å². The van der Waals surface area contributed by atoms with Gasteiger partial charge in [-0.2, -0.15) is 0 Å². The summed E-state index contributed by atoms with van der Waals surface area (Å²) in [5.41, 5.74) is 5.10. The van der Waals surface area contributed by atoms with Crippen LogP contribution in [0, 0.1) is 0 Å². The molecule has 1 aliphatic heterocycles. The van der Waals surface area contributed by atoms with Gasteiger partial charge >= 0.3 is 0 Å². The van der Waals surface area contributed by atoms with Gasteiger partial charge in [0.05, 0.1) is 33.0 Å². The van der Waals surface area contributed by atoms with Crippen LogP contribution in [0.15, 0.2) is 169 Å². The molecule has 0 aromatic heterocycles. The molecule has 6 nitrogen and oxygen atoms in total. The third-order valence-corrected chi connectivity index (χ3v) is 8.67. The fourth-order valence-corrected chi connectivity index (χ4v) is 5.95. The smallest absolute Gasteiger partial charge is 0.198 e. The maximum absolute atomic E-state index is 7.27.